The van der Waals surface area contributed by atoms with E-state index in [0.717, 1.165) is 0 Å². The van der Waals surface area contributed by atoms with Gasteiger partial charge < -0.3 is 24.4 Å². The molecule has 0 saturated heterocycles. The lowest BCUT2D eigenvalue weighted by molar-refractivity contribution is -0.119. The zero-order chi connectivity index (χ0) is 23.7. The standard InChI is InChI=1S/C24H30N2O6/c1-6-30-21-13-18(9-12-20(21)31-14-16(2)3)24(29)32-15-22(27)25-19-10-7-17(8-11-19)23(28)26(4)5/h7-13,16H,6,14-15H2,1-5H3,(H,25,27). The first kappa shape index (κ1) is 24.7. The van der Waals surface area contributed by atoms with Gasteiger partial charge in [0.15, 0.2) is 18.1 Å². The van der Waals surface area contributed by atoms with Gasteiger partial charge in [-0.15, -0.1) is 0 Å². The molecule has 2 rings (SSSR count). The summed E-state index contributed by atoms with van der Waals surface area (Å²) in [4.78, 5) is 37.9. The number of benzene rings is 2. The van der Waals surface area contributed by atoms with Crippen LogP contribution in [-0.4, -0.2) is 56.6 Å². The van der Waals surface area contributed by atoms with Gasteiger partial charge in [-0.2, -0.15) is 0 Å². The Hall–Kier alpha value is -3.55. The molecule has 0 bridgehead atoms. The third-order valence-electron chi connectivity index (χ3n) is 4.21. The van der Waals surface area contributed by atoms with E-state index in [9.17, 15) is 14.4 Å². The van der Waals surface area contributed by atoms with E-state index in [4.69, 9.17) is 14.2 Å². The van der Waals surface area contributed by atoms with E-state index in [1.54, 1.807) is 56.6 Å². The molecule has 0 saturated carbocycles. The van der Waals surface area contributed by atoms with E-state index in [2.05, 4.69) is 5.32 Å². The topological polar surface area (TPSA) is 94.2 Å². The van der Waals surface area contributed by atoms with Gasteiger partial charge in [0.05, 0.1) is 18.8 Å². The second kappa shape index (κ2) is 11.7. The second-order valence-electron chi connectivity index (χ2n) is 7.70. The van der Waals surface area contributed by atoms with Crippen LogP contribution in [0.3, 0.4) is 0 Å². The fourth-order valence-corrected chi connectivity index (χ4v) is 2.64. The highest BCUT2D eigenvalue weighted by Gasteiger charge is 2.15. The van der Waals surface area contributed by atoms with Crippen LogP contribution in [0.1, 0.15) is 41.5 Å². The van der Waals surface area contributed by atoms with E-state index in [1.807, 2.05) is 20.8 Å². The first-order chi connectivity index (χ1) is 15.2. The average Bonchev–Trinajstić information content (AvgIpc) is 2.76. The molecule has 172 valence electrons. The fourth-order valence-electron chi connectivity index (χ4n) is 2.64. The van der Waals surface area contributed by atoms with Gasteiger partial charge in [-0.25, -0.2) is 4.79 Å². The third-order valence-corrected chi connectivity index (χ3v) is 4.21. The van der Waals surface area contributed by atoms with Crippen LogP contribution in [-0.2, 0) is 9.53 Å². The molecule has 1 N–H and O–H groups in total. The number of carbonyl (C=O) groups is 3. The number of rotatable bonds is 10. The van der Waals surface area contributed by atoms with Crippen LogP contribution in [0.4, 0.5) is 5.69 Å². The zero-order valence-electron chi connectivity index (χ0n) is 19.1. The van der Waals surface area contributed by atoms with Crippen molar-refractivity contribution in [2.75, 3.05) is 39.2 Å². The maximum atomic E-state index is 12.4. The number of nitrogens with zero attached hydrogens (tertiary/aromatic N) is 1. The Balaban J connectivity index is 1.94. The van der Waals surface area contributed by atoms with Gasteiger partial charge in [0, 0.05) is 25.3 Å². The number of esters is 1. The number of hydrogen-bond donors (Lipinski definition) is 1. The predicted octanol–water partition coefficient (Wildman–Crippen LogP) is 3.62. The van der Waals surface area contributed by atoms with Crippen molar-refractivity contribution in [1.82, 2.24) is 4.90 Å². The van der Waals surface area contributed by atoms with Gasteiger partial charge in [0.2, 0.25) is 0 Å². The second-order valence-corrected chi connectivity index (χ2v) is 7.70. The Morgan fingerprint density at radius 3 is 2.19 bits per heavy atom. The van der Waals surface area contributed by atoms with Crippen LogP contribution in [0.5, 0.6) is 11.5 Å². The van der Waals surface area contributed by atoms with Gasteiger partial charge in [0.1, 0.15) is 0 Å². The molecule has 8 nitrogen and oxygen atoms in total. The maximum absolute atomic E-state index is 12.4. The molecule has 2 amide bonds. The molecule has 32 heavy (non-hydrogen) atoms. The van der Waals surface area contributed by atoms with E-state index in [0.29, 0.717) is 41.9 Å². The van der Waals surface area contributed by atoms with Crippen molar-refractivity contribution in [2.24, 2.45) is 5.92 Å². The van der Waals surface area contributed by atoms with Gasteiger partial charge in [-0.1, -0.05) is 13.8 Å². The summed E-state index contributed by atoms with van der Waals surface area (Å²) in [6, 6.07) is 11.2. The van der Waals surface area contributed by atoms with Gasteiger partial charge in [-0.05, 0) is 55.3 Å². The van der Waals surface area contributed by atoms with Crippen molar-refractivity contribution in [3.05, 3.63) is 53.6 Å². The number of anilines is 1. The largest absolute Gasteiger partial charge is 0.490 e. The first-order valence-corrected chi connectivity index (χ1v) is 10.4. The first-order valence-electron chi connectivity index (χ1n) is 10.4. The smallest absolute Gasteiger partial charge is 0.338 e. The molecular formula is C24H30N2O6. The van der Waals surface area contributed by atoms with Crippen LogP contribution >= 0.6 is 0 Å². The average molecular weight is 443 g/mol. The SMILES string of the molecule is CCOc1cc(C(=O)OCC(=O)Nc2ccc(C(=O)N(C)C)cc2)ccc1OCC(C)C. The maximum Gasteiger partial charge on any atom is 0.338 e. The minimum atomic E-state index is -0.650. The number of amides is 2. The summed E-state index contributed by atoms with van der Waals surface area (Å²) in [7, 11) is 3.33. The van der Waals surface area contributed by atoms with E-state index in [1.165, 1.54) is 4.90 Å². The normalized spacial score (nSPS) is 10.4. The van der Waals surface area contributed by atoms with Crippen molar-refractivity contribution in [1.29, 1.82) is 0 Å². The van der Waals surface area contributed by atoms with E-state index in [-0.39, 0.29) is 11.5 Å². The lowest BCUT2D eigenvalue weighted by atomic mass is 10.2. The van der Waals surface area contributed by atoms with E-state index < -0.39 is 18.5 Å². The highest BCUT2D eigenvalue weighted by molar-refractivity contribution is 5.97. The number of hydrogen-bond acceptors (Lipinski definition) is 6. The van der Waals surface area contributed by atoms with Gasteiger partial charge in [0.25, 0.3) is 11.8 Å². The molecule has 0 aliphatic rings. The van der Waals surface area contributed by atoms with Crippen molar-refractivity contribution < 1.29 is 28.6 Å². The number of nitrogens with one attached hydrogen (secondary N) is 1. The molecule has 0 aliphatic carbocycles. The van der Waals surface area contributed by atoms with E-state index >= 15 is 0 Å². The minimum absolute atomic E-state index is 0.135. The Morgan fingerprint density at radius 1 is 0.938 bits per heavy atom. The molecule has 2 aromatic rings. The van der Waals surface area contributed by atoms with Crippen molar-refractivity contribution in [3.63, 3.8) is 0 Å². The molecule has 0 unspecified atom stereocenters. The van der Waals surface area contributed by atoms with Crippen LogP contribution in [0.25, 0.3) is 0 Å². The summed E-state index contributed by atoms with van der Waals surface area (Å²) in [5.74, 6) is 0.0574. The minimum Gasteiger partial charge on any atom is -0.490 e. The lowest BCUT2D eigenvalue weighted by Gasteiger charge is -2.14. The summed E-state index contributed by atoms with van der Waals surface area (Å²) in [6.07, 6.45) is 0. The molecule has 8 heteroatoms. The molecule has 0 fully saturated rings. The van der Waals surface area contributed by atoms with Gasteiger partial charge >= 0.3 is 5.97 Å². The molecule has 0 radical (unpaired) electrons. The molecular weight excluding hydrogens is 412 g/mol. The summed E-state index contributed by atoms with van der Waals surface area (Å²) in [6.45, 7) is 6.40. The van der Waals surface area contributed by atoms with Crippen molar-refractivity contribution in [2.45, 2.75) is 20.8 Å². The predicted molar refractivity (Wildman–Crippen MR) is 121 cm³/mol. The van der Waals surface area contributed by atoms with Crippen LogP contribution in [0.2, 0.25) is 0 Å². The monoisotopic (exact) mass is 442 g/mol. The molecule has 0 spiro atoms. The lowest BCUT2D eigenvalue weighted by Crippen LogP contribution is -2.22. The van der Waals surface area contributed by atoms with Gasteiger partial charge in [-0.3, -0.25) is 9.59 Å². The van der Waals surface area contributed by atoms with Crippen molar-refractivity contribution in [3.8, 4) is 11.5 Å². The van der Waals surface area contributed by atoms with Crippen LogP contribution in [0, 0.1) is 5.92 Å². The summed E-state index contributed by atoms with van der Waals surface area (Å²) >= 11 is 0. The highest BCUT2D eigenvalue weighted by Crippen LogP contribution is 2.29. The summed E-state index contributed by atoms with van der Waals surface area (Å²) < 4.78 is 16.4. The molecule has 0 atom stereocenters. The molecule has 0 heterocycles. The quantitative estimate of drug-likeness (QED) is 0.565. The number of ether oxygens (including phenoxy) is 3. The molecule has 2 aromatic carbocycles. The zero-order valence-corrected chi connectivity index (χ0v) is 19.1. The number of carbonyl (C=O) groups excluding carboxylic acids is 3. The third kappa shape index (κ3) is 7.30. The summed E-state index contributed by atoms with van der Waals surface area (Å²) in [5.41, 5.74) is 1.25. The Labute approximate surface area is 188 Å². The Bertz CT molecular complexity index is 938. The fraction of sp³-hybridized carbons (Fsp3) is 0.375. The molecule has 0 aliphatic heterocycles. The summed E-state index contributed by atoms with van der Waals surface area (Å²) in [5, 5.41) is 2.63. The van der Waals surface area contributed by atoms with Crippen LogP contribution in [0.15, 0.2) is 42.5 Å². The van der Waals surface area contributed by atoms with Crippen LogP contribution < -0.4 is 14.8 Å². The Kier molecular flexibility index (Phi) is 9.07. The highest BCUT2D eigenvalue weighted by atomic mass is 16.5. The Morgan fingerprint density at radius 2 is 1.59 bits per heavy atom. The molecule has 0 aromatic heterocycles. The van der Waals surface area contributed by atoms with Crippen molar-refractivity contribution >= 4 is 23.5 Å².